The highest BCUT2D eigenvalue weighted by Gasteiger charge is 2.20. The van der Waals surface area contributed by atoms with Gasteiger partial charge in [0.2, 0.25) is 0 Å². The molecule has 2 aliphatic heterocycles. The zero-order chi connectivity index (χ0) is 24.1. The summed E-state index contributed by atoms with van der Waals surface area (Å²) in [6.07, 6.45) is 2.01. The first kappa shape index (κ1) is 26.8. The van der Waals surface area contributed by atoms with Crippen molar-refractivity contribution in [3.63, 3.8) is 0 Å². The summed E-state index contributed by atoms with van der Waals surface area (Å²) < 4.78 is 41.3. The summed E-state index contributed by atoms with van der Waals surface area (Å²) in [7, 11) is 0. The van der Waals surface area contributed by atoms with Gasteiger partial charge in [0.05, 0.1) is 5.02 Å². The van der Waals surface area contributed by atoms with Gasteiger partial charge in [-0.1, -0.05) is 23.7 Å². The highest BCUT2D eigenvalue weighted by Crippen LogP contribution is 2.32. The van der Waals surface area contributed by atoms with Crippen molar-refractivity contribution in [3.8, 4) is 17.2 Å². The molecule has 6 nitrogen and oxygen atoms in total. The van der Waals surface area contributed by atoms with Gasteiger partial charge in [-0.05, 0) is 47.9 Å². The third-order valence-electron chi connectivity index (χ3n) is 5.46. The molecule has 0 fully saturated rings. The standard InChI is InChI=1S/C25H24ClF2NO5.ClH/c26-21-9-16(3-6-22(21)34-15-24(27)28)13-32-20-5-4-18-8-17(14-33-23(18)10-20)11-29-7-1-2-19(12-29)25(30)31;/h2-6,8-10,24H,1,7,11-15H2,(H,30,31);1H. The molecule has 4 rings (SSSR count). The zero-order valence-corrected chi connectivity index (χ0v) is 20.3. The third kappa shape index (κ3) is 7.34. The second-order valence-electron chi connectivity index (χ2n) is 8.08. The fourth-order valence-corrected chi connectivity index (χ4v) is 4.08. The maximum Gasteiger partial charge on any atom is 0.332 e. The lowest BCUT2D eigenvalue weighted by Crippen LogP contribution is -2.34. The van der Waals surface area contributed by atoms with E-state index >= 15 is 0 Å². The SMILES string of the molecule is Cl.O=C(O)C1=CCCN(CC2=Cc3ccc(OCc4ccc(OCC(F)F)c(Cl)c4)cc3OC2)C1. The Morgan fingerprint density at radius 2 is 2.03 bits per heavy atom. The molecule has 0 spiro atoms. The Bertz CT molecular complexity index is 1120. The summed E-state index contributed by atoms with van der Waals surface area (Å²) in [5.41, 5.74) is 3.22. The summed E-state index contributed by atoms with van der Waals surface area (Å²) in [6.45, 7) is 1.85. The normalized spacial score (nSPS) is 15.3. The molecule has 2 aliphatic rings. The van der Waals surface area contributed by atoms with Crippen molar-refractivity contribution in [1.29, 1.82) is 0 Å². The number of hydrogen-bond acceptors (Lipinski definition) is 5. The molecule has 0 aromatic heterocycles. The first-order valence-corrected chi connectivity index (χ1v) is 11.2. The maximum absolute atomic E-state index is 12.3. The summed E-state index contributed by atoms with van der Waals surface area (Å²) >= 11 is 6.11. The maximum atomic E-state index is 12.3. The van der Waals surface area contributed by atoms with Gasteiger partial charge < -0.3 is 19.3 Å². The van der Waals surface area contributed by atoms with E-state index in [-0.39, 0.29) is 29.8 Å². The number of alkyl halides is 2. The molecule has 2 heterocycles. The Hall–Kier alpha value is -2.81. The van der Waals surface area contributed by atoms with E-state index in [0.29, 0.717) is 36.8 Å². The molecule has 1 N–H and O–H groups in total. The van der Waals surface area contributed by atoms with Crippen LogP contribution < -0.4 is 14.2 Å². The van der Waals surface area contributed by atoms with E-state index in [1.807, 2.05) is 18.2 Å². The minimum absolute atomic E-state index is 0. The molecule has 0 amide bonds. The fourth-order valence-electron chi connectivity index (χ4n) is 3.83. The van der Waals surface area contributed by atoms with Crippen LogP contribution in [0.5, 0.6) is 17.2 Å². The van der Waals surface area contributed by atoms with Crippen molar-refractivity contribution in [2.75, 3.05) is 32.8 Å². The van der Waals surface area contributed by atoms with Gasteiger partial charge in [-0.15, -0.1) is 12.4 Å². The van der Waals surface area contributed by atoms with E-state index in [4.69, 9.17) is 25.8 Å². The van der Waals surface area contributed by atoms with E-state index < -0.39 is 19.0 Å². The highest BCUT2D eigenvalue weighted by atomic mass is 35.5. The number of rotatable bonds is 9. The first-order chi connectivity index (χ1) is 16.4. The Balaban J connectivity index is 0.00000342. The number of nitrogens with zero attached hydrogens (tertiary/aromatic N) is 1. The molecule has 0 radical (unpaired) electrons. The Labute approximate surface area is 213 Å². The van der Waals surface area contributed by atoms with Gasteiger partial charge >= 0.3 is 5.97 Å². The van der Waals surface area contributed by atoms with Crippen LogP contribution in [0.25, 0.3) is 6.08 Å². The van der Waals surface area contributed by atoms with Crippen LogP contribution in [0.15, 0.2) is 53.6 Å². The van der Waals surface area contributed by atoms with Gasteiger partial charge in [0.1, 0.15) is 37.1 Å². The molecule has 2 aromatic rings. The predicted molar refractivity (Wildman–Crippen MR) is 131 cm³/mol. The Kier molecular flexibility index (Phi) is 9.37. The summed E-state index contributed by atoms with van der Waals surface area (Å²) in [4.78, 5) is 13.3. The number of carboxylic acids is 1. The number of aliphatic carboxylic acids is 1. The van der Waals surface area contributed by atoms with Gasteiger partial charge in [0.25, 0.3) is 6.43 Å². The number of carboxylic acid groups (broad SMARTS) is 1. The second kappa shape index (κ2) is 12.2. The van der Waals surface area contributed by atoms with Gasteiger partial charge in [0.15, 0.2) is 0 Å². The van der Waals surface area contributed by atoms with Crippen LogP contribution in [0.4, 0.5) is 8.78 Å². The molecule has 0 aliphatic carbocycles. The van der Waals surface area contributed by atoms with Crippen LogP contribution in [0.1, 0.15) is 17.5 Å². The molecule has 2 aromatic carbocycles. The van der Waals surface area contributed by atoms with E-state index in [1.165, 1.54) is 0 Å². The van der Waals surface area contributed by atoms with Crippen LogP contribution in [0.2, 0.25) is 5.02 Å². The van der Waals surface area contributed by atoms with Gasteiger partial charge in [-0.2, -0.15) is 0 Å². The largest absolute Gasteiger partial charge is 0.489 e. The van der Waals surface area contributed by atoms with Gasteiger partial charge in [0, 0.05) is 36.8 Å². The molecule has 35 heavy (non-hydrogen) atoms. The molecule has 0 unspecified atom stereocenters. The lowest BCUT2D eigenvalue weighted by Gasteiger charge is -2.28. The van der Waals surface area contributed by atoms with Crippen LogP contribution in [-0.2, 0) is 11.4 Å². The van der Waals surface area contributed by atoms with Crippen LogP contribution >= 0.6 is 24.0 Å². The van der Waals surface area contributed by atoms with E-state index in [9.17, 15) is 18.7 Å². The molecule has 0 saturated carbocycles. The topological polar surface area (TPSA) is 68.2 Å². The molecule has 0 atom stereocenters. The fraction of sp³-hybridized carbons (Fsp3) is 0.320. The predicted octanol–water partition coefficient (Wildman–Crippen LogP) is 5.48. The number of fused-ring (bicyclic) bond motifs is 1. The smallest absolute Gasteiger partial charge is 0.332 e. The number of hydrogen-bond donors (Lipinski definition) is 1. The van der Waals surface area contributed by atoms with Crippen LogP contribution in [0.3, 0.4) is 0 Å². The Morgan fingerprint density at radius 3 is 2.77 bits per heavy atom. The molecular weight excluding hydrogens is 503 g/mol. The number of carbonyl (C=O) groups is 1. The van der Waals surface area contributed by atoms with E-state index in [2.05, 4.69) is 11.0 Å². The molecule has 0 saturated heterocycles. The van der Waals surface area contributed by atoms with Gasteiger partial charge in [-0.3, -0.25) is 4.90 Å². The molecule has 0 bridgehead atoms. The van der Waals surface area contributed by atoms with E-state index in [1.54, 1.807) is 24.3 Å². The van der Waals surface area contributed by atoms with Crippen molar-refractivity contribution in [1.82, 2.24) is 4.90 Å². The lowest BCUT2D eigenvalue weighted by molar-refractivity contribution is -0.133. The quantitative estimate of drug-likeness (QED) is 0.465. The second-order valence-corrected chi connectivity index (χ2v) is 8.49. The molecule has 10 heteroatoms. The lowest BCUT2D eigenvalue weighted by atomic mass is 10.0. The van der Waals surface area contributed by atoms with E-state index in [0.717, 1.165) is 29.7 Å². The van der Waals surface area contributed by atoms with Crippen LogP contribution in [-0.4, -0.2) is 55.2 Å². The third-order valence-corrected chi connectivity index (χ3v) is 5.75. The van der Waals surface area contributed by atoms with Crippen LogP contribution in [0, 0.1) is 0 Å². The summed E-state index contributed by atoms with van der Waals surface area (Å²) in [5, 5.41) is 9.46. The summed E-state index contributed by atoms with van der Waals surface area (Å²) in [5.74, 6) is 0.668. The van der Waals surface area contributed by atoms with Crippen molar-refractivity contribution < 1.29 is 32.9 Å². The monoisotopic (exact) mass is 527 g/mol. The molecular formula is C25H25Cl2F2NO5. The van der Waals surface area contributed by atoms with Crippen molar-refractivity contribution in [2.24, 2.45) is 0 Å². The highest BCUT2D eigenvalue weighted by molar-refractivity contribution is 6.32. The van der Waals surface area contributed by atoms with Crippen molar-refractivity contribution in [3.05, 3.63) is 69.8 Å². The Morgan fingerprint density at radius 1 is 1.20 bits per heavy atom. The van der Waals surface area contributed by atoms with Gasteiger partial charge in [-0.25, -0.2) is 13.6 Å². The number of benzene rings is 2. The zero-order valence-electron chi connectivity index (χ0n) is 18.7. The summed E-state index contributed by atoms with van der Waals surface area (Å²) in [6, 6.07) is 10.5. The average Bonchev–Trinajstić information content (AvgIpc) is 2.82. The van der Waals surface area contributed by atoms with Crippen molar-refractivity contribution in [2.45, 2.75) is 19.5 Å². The molecule has 188 valence electrons. The minimum atomic E-state index is -2.57. The first-order valence-electron chi connectivity index (χ1n) is 10.8. The minimum Gasteiger partial charge on any atom is -0.489 e. The van der Waals surface area contributed by atoms with Crippen molar-refractivity contribution >= 4 is 36.1 Å². The number of halogens is 4. The number of ether oxygens (including phenoxy) is 3. The average molecular weight is 528 g/mol.